The van der Waals surface area contributed by atoms with Gasteiger partial charge in [0.2, 0.25) is 11.8 Å². The number of fused-ring (bicyclic) bond motifs is 1. The molecule has 20 heavy (non-hydrogen) atoms. The van der Waals surface area contributed by atoms with Crippen LogP contribution in [0.5, 0.6) is 0 Å². The van der Waals surface area contributed by atoms with Crippen LogP contribution in [0.25, 0.3) is 10.8 Å². The Morgan fingerprint density at radius 3 is 2.55 bits per heavy atom. The molecule has 0 radical (unpaired) electrons. The molecule has 0 aliphatic heterocycles. The monoisotopic (exact) mass is 271 g/mol. The Morgan fingerprint density at radius 1 is 1.10 bits per heavy atom. The fourth-order valence-electron chi connectivity index (χ4n) is 2.11. The van der Waals surface area contributed by atoms with Crippen molar-refractivity contribution in [3.05, 3.63) is 48.0 Å². The summed E-state index contributed by atoms with van der Waals surface area (Å²) in [5.74, 6) is -0.965. The maximum absolute atomic E-state index is 11.7. The predicted molar refractivity (Wildman–Crippen MR) is 77.8 cm³/mol. The van der Waals surface area contributed by atoms with E-state index in [4.69, 9.17) is 11.5 Å². The molecule has 2 aromatic rings. The topological polar surface area (TPSA) is 98.2 Å². The van der Waals surface area contributed by atoms with E-state index in [1.165, 1.54) is 0 Å². The number of nitrogens with one attached hydrogen (secondary N) is 1. The summed E-state index contributed by atoms with van der Waals surface area (Å²) < 4.78 is 0. The molecule has 2 rings (SSSR count). The first kappa shape index (κ1) is 14.0. The van der Waals surface area contributed by atoms with E-state index < -0.39 is 11.9 Å². The largest absolute Gasteiger partial charge is 0.368 e. The van der Waals surface area contributed by atoms with E-state index in [1.807, 2.05) is 42.5 Å². The van der Waals surface area contributed by atoms with Gasteiger partial charge in [-0.15, -0.1) is 0 Å². The number of amides is 2. The highest BCUT2D eigenvalue weighted by Crippen LogP contribution is 2.19. The molecule has 2 amide bonds. The minimum Gasteiger partial charge on any atom is -0.368 e. The van der Waals surface area contributed by atoms with Crippen LogP contribution in [0.4, 0.5) is 0 Å². The SMILES string of the molecule is NC(=O)CNC(=O)[C@@H](N)Cc1cccc2ccccc12. The molecule has 0 aromatic heterocycles. The lowest BCUT2D eigenvalue weighted by Gasteiger charge is -2.13. The molecule has 1 atom stereocenters. The van der Waals surface area contributed by atoms with Crippen molar-refractivity contribution in [2.75, 3.05) is 6.54 Å². The van der Waals surface area contributed by atoms with Gasteiger partial charge in [0.15, 0.2) is 0 Å². The molecule has 0 heterocycles. The Labute approximate surface area is 116 Å². The summed E-state index contributed by atoms with van der Waals surface area (Å²) in [7, 11) is 0. The third kappa shape index (κ3) is 3.33. The molecule has 5 heteroatoms. The second-order valence-corrected chi connectivity index (χ2v) is 4.63. The first-order valence-corrected chi connectivity index (χ1v) is 6.36. The van der Waals surface area contributed by atoms with Crippen molar-refractivity contribution in [3.8, 4) is 0 Å². The Bertz CT molecular complexity index is 635. The molecule has 2 aromatic carbocycles. The molecule has 0 bridgehead atoms. The molecular formula is C15H17N3O2. The van der Waals surface area contributed by atoms with E-state index in [0.29, 0.717) is 6.42 Å². The van der Waals surface area contributed by atoms with Crippen molar-refractivity contribution >= 4 is 22.6 Å². The van der Waals surface area contributed by atoms with Gasteiger partial charge in [-0.3, -0.25) is 9.59 Å². The molecular weight excluding hydrogens is 254 g/mol. The van der Waals surface area contributed by atoms with Crippen molar-refractivity contribution in [3.63, 3.8) is 0 Å². The fraction of sp³-hybridized carbons (Fsp3) is 0.200. The fourth-order valence-corrected chi connectivity index (χ4v) is 2.11. The second kappa shape index (κ2) is 6.16. The number of carbonyl (C=O) groups is 2. The number of nitrogens with two attached hydrogens (primary N) is 2. The lowest BCUT2D eigenvalue weighted by Crippen LogP contribution is -2.44. The maximum Gasteiger partial charge on any atom is 0.237 e. The minimum atomic E-state index is -0.708. The molecule has 0 saturated heterocycles. The molecule has 0 aliphatic carbocycles. The molecule has 5 nitrogen and oxygen atoms in total. The molecule has 0 aliphatic rings. The van der Waals surface area contributed by atoms with Gasteiger partial charge in [0.1, 0.15) is 0 Å². The van der Waals surface area contributed by atoms with Crippen LogP contribution in [0, 0.1) is 0 Å². The van der Waals surface area contributed by atoms with Crippen molar-refractivity contribution in [2.45, 2.75) is 12.5 Å². The number of hydrogen-bond donors (Lipinski definition) is 3. The molecule has 104 valence electrons. The van der Waals surface area contributed by atoms with Gasteiger partial charge < -0.3 is 16.8 Å². The van der Waals surface area contributed by atoms with Crippen LogP contribution in [-0.2, 0) is 16.0 Å². The van der Waals surface area contributed by atoms with E-state index in [2.05, 4.69) is 5.32 Å². The normalized spacial score (nSPS) is 12.1. The lowest BCUT2D eigenvalue weighted by atomic mass is 9.99. The number of hydrogen-bond acceptors (Lipinski definition) is 3. The van der Waals surface area contributed by atoms with Crippen LogP contribution in [0.15, 0.2) is 42.5 Å². The van der Waals surface area contributed by atoms with Gasteiger partial charge in [-0.2, -0.15) is 0 Å². The van der Waals surface area contributed by atoms with E-state index in [0.717, 1.165) is 16.3 Å². The van der Waals surface area contributed by atoms with Gasteiger partial charge in [0.25, 0.3) is 0 Å². The molecule has 0 unspecified atom stereocenters. The first-order chi connectivity index (χ1) is 9.58. The van der Waals surface area contributed by atoms with Gasteiger partial charge in [-0.1, -0.05) is 42.5 Å². The highest BCUT2D eigenvalue weighted by molar-refractivity contribution is 5.89. The van der Waals surface area contributed by atoms with Crippen molar-refractivity contribution in [1.29, 1.82) is 0 Å². The predicted octanol–water partition coefficient (Wildman–Crippen LogP) is 0.311. The van der Waals surface area contributed by atoms with E-state index in [1.54, 1.807) is 0 Å². The lowest BCUT2D eigenvalue weighted by molar-refractivity contribution is -0.125. The molecule has 5 N–H and O–H groups in total. The van der Waals surface area contributed by atoms with Gasteiger partial charge in [-0.25, -0.2) is 0 Å². The summed E-state index contributed by atoms with van der Waals surface area (Å²) >= 11 is 0. The molecule has 0 fully saturated rings. The standard InChI is InChI=1S/C15H17N3O2/c16-13(15(20)18-9-14(17)19)8-11-6-3-5-10-4-1-2-7-12(10)11/h1-7,13H,8-9,16H2,(H2,17,19)(H,18,20)/t13-/m0/s1. The summed E-state index contributed by atoms with van der Waals surface area (Å²) in [6.45, 7) is -0.192. The quantitative estimate of drug-likeness (QED) is 0.730. The average Bonchev–Trinajstić information content (AvgIpc) is 2.45. The molecule has 0 saturated carbocycles. The van der Waals surface area contributed by atoms with Crippen LogP contribution in [0.2, 0.25) is 0 Å². The van der Waals surface area contributed by atoms with Gasteiger partial charge in [0, 0.05) is 0 Å². The van der Waals surface area contributed by atoms with Gasteiger partial charge >= 0.3 is 0 Å². The van der Waals surface area contributed by atoms with E-state index >= 15 is 0 Å². The summed E-state index contributed by atoms with van der Waals surface area (Å²) in [5.41, 5.74) is 11.8. The summed E-state index contributed by atoms with van der Waals surface area (Å²) in [4.78, 5) is 22.4. The Morgan fingerprint density at radius 2 is 1.80 bits per heavy atom. The van der Waals surface area contributed by atoms with Crippen LogP contribution in [0.3, 0.4) is 0 Å². The summed E-state index contributed by atoms with van der Waals surface area (Å²) in [6.07, 6.45) is 0.409. The van der Waals surface area contributed by atoms with Gasteiger partial charge in [-0.05, 0) is 22.8 Å². The number of primary amides is 1. The molecule has 0 spiro atoms. The highest BCUT2D eigenvalue weighted by Gasteiger charge is 2.15. The zero-order valence-corrected chi connectivity index (χ0v) is 11.0. The minimum absolute atomic E-state index is 0.192. The Hall–Kier alpha value is -2.40. The van der Waals surface area contributed by atoms with Crippen molar-refractivity contribution in [1.82, 2.24) is 5.32 Å². The average molecular weight is 271 g/mol. The summed E-state index contributed by atoms with van der Waals surface area (Å²) in [5, 5.41) is 4.59. The van der Waals surface area contributed by atoms with Crippen LogP contribution in [0.1, 0.15) is 5.56 Å². The zero-order chi connectivity index (χ0) is 14.5. The van der Waals surface area contributed by atoms with Gasteiger partial charge in [0.05, 0.1) is 12.6 Å². The van der Waals surface area contributed by atoms with E-state index in [-0.39, 0.29) is 12.5 Å². The number of benzene rings is 2. The van der Waals surface area contributed by atoms with Crippen LogP contribution >= 0.6 is 0 Å². The smallest absolute Gasteiger partial charge is 0.237 e. The third-order valence-corrected chi connectivity index (χ3v) is 3.09. The third-order valence-electron chi connectivity index (χ3n) is 3.09. The second-order valence-electron chi connectivity index (χ2n) is 4.63. The Kier molecular flexibility index (Phi) is 4.32. The summed E-state index contributed by atoms with van der Waals surface area (Å²) in [6, 6.07) is 13.1. The van der Waals surface area contributed by atoms with Crippen molar-refractivity contribution in [2.24, 2.45) is 11.5 Å². The Balaban J connectivity index is 2.11. The zero-order valence-electron chi connectivity index (χ0n) is 11.0. The number of carbonyl (C=O) groups excluding carboxylic acids is 2. The first-order valence-electron chi connectivity index (χ1n) is 6.36. The highest BCUT2D eigenvalue weighted by atomic mass is 16.2. The van der Waals surface area contributed by atoms with Crippen molar-refractivity contribution < 1.29 is 9.59 Å². The maximum atomic E-state index is 11.7. The number of rotatable bonds is 5. The van der Waals surface area contributed by atoms with Crippen LogP contribution < -0.4 is 16.8 Å². The van der Waals surface area contributed by atoms with E-state index in [9.17, 15) is 9.59 Å². The van der Waals surface area contributed by atoms with Crippen LogP contribution in [-0.4, -0.2) is 24.4 Å².